The smallest absolute Gasteiger partial charge is 0.397 e. The van der Waals surface area contributed by atoms with E-state index >= 15 is 0 Å². The molecule has 0 radical (unpaired) electrons. The molecule has 0 fully saturated rings. The second kappa shape index (κ2) is 12.8. The molecule has 9 heteroatoms. The van der Waals surface area contributed by atoms with Gasteiger partial charge in [-0.3, -0.25) is 4.79 Å². The van der Waals surface area contributed by atoms with E-state index in [2.05, 4.69) is 16.0 Å². The molecule has 3 aromatic rings. The number of hydrogen-bond donors (Lipinski definition) is 3. The molecule has 0 spiro atoms. The number of rotatable bonds is 9. The van der Waals surface area contributed by atoms with Gasteiger partial charge < -0.3 is 20.7 Å². The molecule has 1 aliphatic carbocycles. The monoisotopic (exact) mass is 563 g/mol. The van der Waals surface area contributed by atoms with Crippen LogP contribution >= 0.6 is 0 Å². The SMILES string of the molecule is COc1ccccc1CCNC(=O)c1ccccc1-c1ccccc1CNC(=O)NC1=CCC(C)(C(F)(F)F)C=C1. The molecular formula is C32H32F3N3O3. The number of carbonyl (C=O) groups excluding carboxylic acids is 2. The van der Waals surface area contributed by atoms with E-state index in [-0.39, 0.29) is 18.9 Å². The Morgan fingerprint density at radius 3 is 2.24 bits per heavy atom. The summed E-state index contributed by atoms with van der Waals surface area (Å²) in [6, 6.07) is 21.7. The molecule has 3 aromatic carbocycles. The molecule has 6 nitrogen and oxygen atoms in total. The summed E-state index contributed by atoms with van der Waals surface area (Å²) in [6.45, 7) is 1.68. The van der Waals surface area contributed by atoms with Crippen LogP contribution in [0.25, 0.3) is 11.1 Å². The van der Waals surface area contributed by atoms with Gasteiger partial charge in [0.05, 0.1) is 12.5 Å². The fourth-order valence-corrected chi connectivity index (χ4v) is 4.55. The molecule has 0 saturated heterocycles. The van der Waals surface area contributed by atoms with Crippen molar-refractivity contribution in [2.24, 2.45) is 5.41 Å². The molecule has 1 unspecified atom stereocenters. The molecule has 0 bridgehead atoms. The summed E-state index contributed by atoms with van der Waals surface area (Å²) in [7, 11) is 1.61. The molecule has 3 amide bonds. The van der Waals surface area contributed by atoms with E-state index < -0.39 is 17.6 Å². The van der Waals surface area contributed by atoms with Crippen molar-refractivity contribution in [3.05, 3.63) is 113 Å². The highest BCUT2D eigenvalue weighted by molar-refractivity contribution is 6.01. The van der Waals surface area contributed by atoms with Gasteiger partial charge in [0.1, 0.15) is 5.75 Å². The Bertz CT molecular complexity index is 1470. The summed E-state index contributed by atoms with van der Waals surface area (Å²) in [4.78, 5) is 25.7. The normalized spacial score (nSPS) is 16.5. The second-order valence-electron chi connectivity index (χ2n) is 9.94. The van der Waals surface area contributed by atoms with Crippen LogP contribution in [0.4, 0.5) is 18.0 Å². The number of benzene rings is 3. The lowest BCUT2D eigenvalue weighted by Gasteiger charge is -2.30. The van der Waals surface area contributed by atoms with Crippen LogP contribution in [0.1, 0.15) is 34.8 Å². The van der Waals surface area contributed by atoms with Crippen molar-refractivity contribution < 1.29 is 27.5 Å². The highest BCUT2D eigenvalue weighted by Crippen LogP contribution is 2.44. The highest BCUT2D eigenvalue weighted by atomic mass is 19.4. The lowest BCUT2D eigenvalue weighted by molar-refractivity contribution is -0.199. The summed E-state index contributed by atoms with van der Waals surface area (Å²) in [5.41, 5.74) is 2.09. The van der Waals surface area contributed by atoms with Gasteiger partial charge in [-0.15, -0.1) is 0 Å². The van der Waals surface area contributed by atoms with E-state index in [1.165, 1.54) is 12.2 Å². The van der Waals surface area contributed by atoms with Crippen LogP contribution in [-0.4, -0.2) is 31.8 Å². The van der Waals surface area contributed by atoms with Gasteiger partial charge in [0.15, 0.2) is 0 Å². The van der Waals surface area contributed by atoms with Crippen LogP contribution in [0.3, 0.4) is 0 Å². The molecule has 3 N–H and O–H groups in total. The van der Waals surface area contributed by atoms with Crippen molar-refractivity contribution in [1.29, 1.82) is 0 Å². The number of hydrogen-bond acceptors (Lipinski definition) is 3. The number of para-hydroxylation sites is 1. The molecule has 1 atom stereocenters. The third-order valence-corrected chi connectivity index (χ3v) is 7.07. The topological polar surface area (TPSA) is 79.5 Å². The largest absolute Gasteiger partial charge is 0.496 e. The number of amides is 3. The van der Waals surface area contributed by atoms with Crippen LogP contribution in [-0.2, 0) is 13.0 Å². The van der Waals surface area contributed by atoms with E-state index in [9.17, 15) is 22.8 Å². The van der Waals surface area contributed by atoms with Crippen LogP contribution in [0.15, 0.2) is 96.7 Å². The minimum atomic E-state index is -4.37. The van der Waals surface area contributed by atoms with Crippen molar-refractivity contribution in [3.8, 4) is 16.9 Å². The lowest BCUT2D eigenvalue weighted by atomic mass is 9.82. The Hall–Kier alpha value is -4.53. The van der Waals surface area contributed by atoms with Gasteiger partial charge in [-0.2, -0.15) is 13.2 Å². The molecule has 1 aliphatic rings. The number of carbonyl (C=O) groups is 2. The zero-order chi connectivity index (χ0) is 29.5. The fourth-order valence-electron chi connectivity index (χ4n) is 4.55. The first kappa shape index (κ1) is 29.5. The van der Waals surface area contributed by atoms with Crippen molar-refractivity contribution in [2.75, 3.05) is 13.7 Å². The molecule has 0 aliphatic heterocycles. The van der Waals surface area contributed by atoms with Crippen molar-refractivity contribution in [2.45, 2.75) is 32.5 Å². The Morgan fingerprint density at radius 2 is 1.56 bits per heavy atom. The van der Waals surface area contributed by atoms with Gasteiger partial charge in [-0.1, -0.05) is 72.8 Å². The standard InChI is InChI=1S/C32H32F3N3O3/c1-31(32(33,34)35)18-15-24(16-19-31)38-30(40)37-21-23-10-3-5-11-25(23)26-12-6-7-13-27(26)29(39)36-20-17-22-9-4-8-14-28(22)41-2/h3-16,18H,17,19-21H2,1-2H3,(H,36,39)(H2,37,38,40). The molecule has 0 saturated carbocycles. The van der Waals surface area contributed by atoms with E-state index in [0.717, 1.165) is 35.4 Å². The van der Waals surface area contributed by atoms with Crippen LogP contribution in [0.2, 0.25) is 0 Å². The lowest BCUT2D eigenvalue weighted by Crippen LogP contribution is -2.37. The molecule has 214 valence electrons. The van der Waals surface area contributed by atoms with Gasteiger partial charge in [0, 0.05) is 24.4 Å². The predicted octanol–water partition coefficient (Wildman–Crippen LogP) is 6.55. The number of nitrogens with one attached hydrogen (secondary N) is 3. The van der Waals surface area contributed by atoms with Gasteiger partial charge >= 0.3 is 12.2 Å². The Morgan fingerprint density at radius 1 is 0.902 bits per heavy atom. The van der Waals surface area contributed by atoms with Crippen LogP contribution in [0.5, 0.6) is 5.75 Å². The quantitative estimate of drug-likeness (QED) is 0.276. The number of halogens is 3. The number of alkyl halides is 3. The van der Waals surface area contributed by atoms with E-state index in [0.29, 0.717) is 29.8 Å². The molecule has 4 rings (SSSR count). The minimum absolute atomic E-state index is 0.142. The zero-order valence-electron chi connectivity index (χ0n) is 22.8. The summed E-state index contributed by atoms with van der Waals surface area (Å²) in [5.74, 6) is 0.543. The second-order valence-corrected chi connectivity index (χ2v) is 9.94. The Balaban J connectivity index is 1.40. The van der Waals surface area contributed by atoms with Crippen LogP contribution in [0, 0.1) is 5.41 Å². The zero-order valence-corrected chi connectivity index (χ0v) is 22.8. The third kappa shape index (κ3) is 7.16. The average molecular weight is 564 g/mol. The van der Waals surface area contributed by atoms with Crippen LogP contribution < -0.4 is 20.7 Å². The van der Waals surface area contributed by atoms with E-state index in [4.69, 9.17) is 4.74 Å². The van der Waals surface area contributed by atoms with Gasteiger partial charge in [-0.25, -0.2) is 4.79 Å². The Labute approximate surface area is 237 Å². The molecule has 0 heterocycles. The van der Waals surface area contributed by atoms with Gasteiger partial charge in [0.25, 0.3) is 5.91 Å². The minimum Gasteiger partial charge on any atom is -0.496 e. The average Bonchev–Trinajstić information content (AvgIpc) is 2.97. The fraction of sp³-hybridized carbons (Fsp3) is 0.250. The highest BCUT2D eigenvalue weighted by Gasteiger charge is 2.49. The number of ether oxygens (including phenoxy) is 1. The third-order valence-electron chi connectivity index (χ3n) is 7.07. The van der Waals surface area contributed by atoms with E-state index in [1.807, 2.05) is 60.7 Å². The summed E-state index contributed by atoms with van der Waals surface area (Å²) in [5, 5.41) is 8.34. The summed E-state index contributed by atoms with van der Waals surface area (Å²) in [6.07, 6.45) is -0.328. The van der Waals surface area contributed by atoms with Crippen molar-refractivity contribution >= 4 is 11.9 Å². The number of allylic oxidation sites excluding steroid dienone is 3. The van der Waals surface area contributed by atoms with Gasteiger partial charge in [0.2, 0.25) is 0 Å². The van der Waals surface area contributed by atoms with Crippen molar-refractivity contribution in [3.63, 3.8) is 0 Å². The first-order valence-electron chi connectivity index (χ1n) is 13.2. The molecule has 0 aromatic heterocycles. The van der Waals surface area contributed by atoms with E-state index in [1.54, 1.807) is 19.2 Å². The van der Waals surface area contributed by atoms with Crippen molar-refractivity contribution in [1.82, 2.24) is 16.0 Å². The Kier molecular flexibility index (Phi) is 9.17. The molecule has 41 heavy (non-hydrogen) atoms. The maximum atomic E-state index is 13.2. The predicted molar refractivity (Wildman–Crippen MR) is 152 cm³/mol. The summed E-state index contributed by atoms with van der Waals surface area (Å²) >= 11 is 0. The number of urea groups is 1. The first-order valence-corrected chi connectivity index (χ1v) is 13.2. The summed E-state index contributed by atoms with van der Waals surface area (Å²) < 4.78 is 45.1. The maximum absolute atomic E-state index is 13.2. The van der Waals surface area contributed by atoms with Gasteiger partial charge in [-0.05, 0) is 60.2 Å². The number of methoxy groups -OCH3 is 1. The first-order chi connectivity index (χ1) is 19.6. The maximum Gasteiger partial charge on any atom is 0.397 e. The molecular weight excluding hydrogens is 531 g/mol.